The van der Waals surface area contributed by atoms with Gasteiger partial charge in [-0.1, -0.05) is 91.0 Å². The second kappa shape index (κ2) is 9.27. The van der Waals surface area contributed by atoms with Crippen molar-refractivity contribution in [3.8, 4) is 11.1 Å². The van der Waals surface area contributed by atoms with Crippen LogP contribution in [0.3, 0.4) is 0 Å². The van der Waals surface area contributed by atoms with Crippen LogP contribution in [0.5, 0.6) is 0 Å². The fraction of sp³-hybridized carbons (Fsp3) is 0.182. The topological polar surface area (TPSA) is 12.9 Å². The van der Waals surface area contributed by atoms with Crippen LogP contribution < -0.4 is 0 Å². The molecule has 0 saturated heterocycles. The van der Waals surface area contributed by atoms with E-state index in [9.17, 15) is 0 Å². The molecule has 0 radical (unpaired) electrons. The van der Waals surface area contributed by atoms with Crippen molar-refractivity contribution >= 4 is 23.3 Å². The molecule has 1 heteroatoms. The summed E-state index contributed by atoms with van der Waals surface area (Å²) in [6, 6.07) is 32.4. The number of rotatable bonds is 3. The maximum Gasteiger partial charge on any atom is 0.0707 e. The van der Waals surface area contributed by atoms with E-state index in [0.29, 0.717) is 0 Å². The van der Waals surface area contributed by atoms with Crippen LogP contribution in [0.4, 0.5) is 0 Å². The third-order valence-corrected chi connectivity index (χ3v) is 7.10. The molecule has 166 valence electrons. The Balaban J connectivity index is 1.60. The Labute approximate surface area is 202 Å². The average Bonchev–Trinajstić information content (AvgIpc) is 2.90. The lowest BCUT2D eigenvalue weighted by Gasteiger charge is -2.29. The second-order valence-electron chi connectivity index (χ2n) is 9.37. The largest absolute Gasteiger partial charge is 0.248 e. The van der Waals surface area contributed by atoms with Crippen molar-refractivity contribution < 1.29 is 0 Å². The number of pyridine rings is 1. The van der Waals surface area contributed by atoms with Crippen molar-refractivity contribution in [2.75, 3.05) is 0 Å². The highest BCUT2D eigenvalue weighted by Gasteiger charge is 2.28. The maximum atomic E-state index is 5.46. The lowest BCUT2D eigenvalue weighted by atomic mass is 9.78. The second-order valence-corrected chi connectivity index (χ2v) is 9.37. The zero-order valence-corrected chi connectivity index (χ0v) is 19.5. The Hall–Kier alpha value is -3.71. The number of hydrogen-bond donors (Lipinski definition) is 0. The number of nitrogens with zero attached hydrogens (tertiary/aromatic N) is 1. The fourth-order valence-electron chi connectivity index (χ4n) is 5.57. The summed E-state index contributed by atoms with van der Waals surface area (Å²) in [5.41, 5.74) is 13.4. The summed E-state index contributed by atoms with van der Waals surface area (Å²) >= 11 is 0. The van der Waals surface area contributed by atoms with Crippen molar-refractivity contribution in [3.63, 3.8) is 0 Å². The lowest BCUT2D eigenvalue weighted by molar-refractivity contribution is 0.778. The molecule has 1 heterocycles. The Bertz CT molecular complexity index is 1280. The van der Waals surface area contributed by atoms with Gasteiger partial charge in [0.25, 0.3) is 0 Å². The molecule has 2 aliphatic carbocycles. The third-order valence-electron chi connectivity index (χ3n) is 7.10. The Morgan fingerprint density at radius 3 is 1.41 bits per heavy atom. The molecule has 6 rings (SSSR count). The molecule has 0 fully saturated rings. The molecule has 0 amide bonds. The van der Waals surface area contributed by atoms with Gasteiger partial charge in [0.15, 0.2) is 0 Å². The van der Waals surface area contributed by atoms with Crippen LogP contribution in [0, 0.1) is 0 Å². The molecule has 0 bridgehead atoms. The molecule has 0 saturated carbocycles. The van der Waals surface area contributed by atoms with Crippen molar-refractivity contribution in [2.24, 2.45) is 0 Å². The van der Waals surface area contributed by atoms with Gasteiger partial charge in [-0.15, -0.1) is 0 Å². The van der Waals surface area contributed by atoms with E-state index < -0.39 is 0 Å². The van der Waals surface area contributed by atoms with Gasteiger partial charge < -0.3 is 0 Å². The summed E-state index contributed by atoms with van der Waals surface area (Å²) in [6.45, 7) is 0. The summed E-state index contributed by atoms with van der Waals surface area (Å²) in [6.07, 6.45) is 11.4. The molecule has 0 spiro atoms. The van der Waals surface area contributed by atoms with Crippen molar-refractivity contribution in [3.05, 3.63) is 125 Å². The van der Waals surface area contributed by atoms with E-state index in [1.165, 1.54) is 68.8 Å². The van der Waals surface area contributed by atoms with Crippen LogP contribution >= 0.6 is 0 Å². The fourth-order valence-corrected chi connectivity index (χ4v) is 5.57. The first-order chi connectivity index (χ1) is 16.9. The molecule has 34 heavy (non-hydrogen) atoms. The predicted octanol–water partition coefficient (Wildman–Crippen LogP) is 8.50. The molecule has 4 aromatic rings. The van der Waals surface area contributed by atoms with Gasteiger partial charge in [0.1, 0.15) is 0 Å². The highest BCUT2D eigenvalue weighted by Crippen LogP contribution is 2.44. The van der Waals surface area contributed by atoms with Crippen LogP contribution in [0.25, 0.3) is 34.4 Å². The number of benzene rings is 3. The van der Waals surface area contributed by atoms with Gasteiger partial charge in [-0.05, 0) is 95.2 Å². The third kappa shape index (κ3) is 4.03. The summed E-state index contributed by atoms with van der Waals surface area (Å²) in [7, 11) is 0. The first kappa shape index (κ1) is 20.9. The number of fused-ring (bicyclic) bond motifs is 2. The van der Waals surface area contributed by atoms with E-state index in [4.69, 9.17) is 4.98 Å². The zero-order chi connectivity index (χ0) is 22.7. The zero-order valence-electron chi connectivity index (χ0n) is 19.5. The highest BCUT2D eigenvalue weighted by molar-refractivity contribution is 5.91. The maximum absolute atomic E-state index is 5.46. The van der Waals surface area contributed by atoms with Gasteiger partial charge in [0, 0.05) is 0 Å². The minimum Gasteiger partial charge on any atom is -0.248 e. The molecule has 1 nitrogen and oxygen atoms in total. The minimum atomic E-state index is 1.08. The van der Waals surface area contributed by atoms with E-state index in [0.717, 1.165) is 25.7 Å². The number of allylic oxidation sites excluding steroid dienone is 2. The molecule has 0 N–H and O–H groups in total. The number of aromatic nitrogens is 1. The van der Waals surface area contributed by atoms with Gasteiger partial charge >= 0.3 is 0 Å². The average molecular weight is 440 g/mol. The highest BCUT2D eigenvalue weighted by atomic mass is 14.7. The molecule has 1 aromatic heterocycles. The minimum absolute atomic E-state index is 1.08. The molecular formula is C33H29N. The number of hydrogen-bond acceptors (Lipinski definition) is 1. The lowest BCUT2D eigenvalue weighted by Crippen LogP contribution is -2.15. The quantitative estimate of drug-likeness (QED) is 0.312. The van der Waals surface area contributed by atoms with Gasteiger partial charge in [-0.3, -0.25) is 0 Å². The van der Waals surface area contributed by atoms with Crippen LogP contribution in [0.1, 0.15) is 59.3 Å². The predicted molar refractivity (Wildman–Crippen MR) is 144 cm³/mol. The van der Waals surface area contributed by atoms with E-state index in [1.54, 1.807) is 0 Å². The van der Waals surface area contributed by atoms with Crippen molar-refractivity contribution in [2.45, 2.75) is 38.5 Å². The summed E-state index contributed by atoms with van der Waals surface area (Å²) < 4.78 is 0. The summed E-state index contributed by atoms with van der Waals surface area (Å²) in [4.78, 5) is 5.46. The van der Waals surface area contributed by atoms with Crippen LogP contribution in [-0.4, -0.2) is 4.98 Å². The van der Waals surface area contributed by atoms with E-state index in [2.05, 4.69) is 103 Å². The van der Waals surface area contributed by atoms with Gasteiger partial charge in [-0.2, -0.15) is 0 Å². The first-order valence-corrected chi connectivity index (χ1v) is 12.5. The summed E-state index contributed by atoms with van der Waals surface area (Å²) in [5, 5.41) is 0. The first-order valence-electron chi connectivity index (χ1n) is 12.5. The molecular weight excluding hydrogens is 410 g/mol. The standard InChI is InChI=1S/C33H29N/c1-4-12-24(13-5-1)22-27-18-10-20-29-31(26-16-8-3-9-17-26)30-21-11-19-28(33(30)34-32(27)29)23-25-14-6-2-7-15-25/h1-9,12-17,22-23H,10-11,18-21H2/b27-22+,28-23+. The molecule has 0 aliphatic heterocycles. The van der Waals surface area contributed by atoms with Crippen LogP contribution in [0.2, 0.25) is 0 Å². The Morgan fingerprint density at radius 2 is 0.941 bits per heavy atom. The normalized spacial score (nSPS) is 17.4. The van der Waals surface area contributed by atoms with Gasteiger partial charge in [0.2, 0.25) is 0 Å². The van der Waals surface area contributed by atoms with E-state index >= 15 is 0 Å². The van der Waals surface area contributed by atoms with Crippen LogP contribution in [-0.2, 0) is 12.8 Å². The smallest absolute Gasteiger partial charge is 0.0707 e. The monoisotopic (exact) mass is 439 g/mol. The van der Waals surface area contributed by atoms with E-state index in [-0.39, 0.29) is 0 Å². The van der Waals surface area contributed by atoms with Crippen molar-refractivity contribution in [1.29, 1.82) is 0 Å². The van der Waals surface area contributed by atoms with Crippen LogP contribution in [0.15, 0.2) is 91.0 Å². The SMILES string of the molecule is C(=C1/CCCc2c1nc1c(c2-c2ccccc2)CCC/C1=C\c1ccccc1)/c1ccccc1. The molecule has 0 atom stereocenters. The Kier molecular flexibility index (Phi) is 5.69. The molecule has 0 unspecified atom stereocenters. The van der Waals surface area contributed by atoms with Gasteiger partial charge in [-0.25, -0.2) is 4.98 Å². The van der Waals surface area contributed by atoms with Crippen molar-refractivity contribution in [1.82, 2.24) is 4.98 Å². The summed E-state index contributed by atoms with van der Waals surface area (Å²) in [5.74, 6) is 0. The molecule has 3 aromatic carbocycles. The molecule has 2 aliphatic rings. The Morgan fingerprint density at radius 1 is 0.500 bits per heavy atom. The van der Waals surface area contributed by atoms with Gasteiger partial charge in [0.05, 0.1) is 11.4 Å². The van der Waals surface area contributed by atoms with E-state index in [1.807, 2.05) is 0 Å².